The molecule has 6 heteroatoms. The molecule has 0 saturated heterocycles. The van der Waals surface area contributed by atoms with E-state index in [0.29, 0.717) is 4.47 Å². The summed E-state index contributed by atoms with van der Waals surface area (Å²) in [4.78, 5) is 4.01. The van der Waals surface area contributed by atoms with Gasteiger partial charge in [-0.15, -0.1) is 0 Å². The summed E-state index contributed by atoms with van der Waals surface area (Å²) in [6, 6.07) is 1.42. The van der Waals surface area contributed by atoms with E-state index in [4.69, 9.17) is 0 Å². The average molecular weight is 307 g/mol. The van der Waals surface area contributed by atoms with Crippen molar-refractivity contribution in [2.75, 3.05) is 0 Å². The van der Waals surface area contributed by atoms with Gasteiger partial charge in [0.2, 0.25) is 10.0 Å². The molecule has 1 unspecified atom stereocenters. The molecular formula is C10H15BrN2O2S. The molecule has 0 aliphatic rings. The van der Waals surface area contributed by atoms with Gasteiger partial charge in [0, 0.05) is 22.9 Å². The lowest BCUT2D eigenvalue weighted by atomic mass is 10.1. The predicted octanol–water partition coefficient (Wildman–Crippen LogP) is 2.17. The molecule has 0 aromatic carbocycles. The molecule has 0 amide bonds. The van der Waals surface area contributed by atoms with Crippen LogP contribution in [0.15, 0.2) is 27.8 Å². The third-order valence-electron chi connectivity index (χ3n) is 2.33. The Hall–Kier alpha value is -0.460. The van der Waals surface area contributed by atoms with Gasteiger partial charge < -0.3 is 0 Å². The first-order valence-electron chi connectivity index (χ1n) is 4.96. The molecule has 1 atom stereocenters. The zero-order valence-corrected chi connectivity index (χ0v) is 11.8. The zero-order valence-electron chi connectivity index (χ0n) is 9.44. The fourth-order valence-electron chi connectivity index (χ4n) is 0.988. The third kappa shape index (κ3) is 3.54. The van der Waals surface area contributed by atoms with Gasteiger partial charge in [-0.2, -0.15) is 0 Å². The summed E-state index contributed by atoms with van der Waals surface area (Å²) >= 11 is 3.20. The lowest BCUT2D eigenvalue weighted by Gasteiger charge is -2.17. The van der Waals surface area contributed by atoms with Crippen molar-refractivity contribution in [1.29, 1.82) is 0 Å². The van der Waals surface area contributed by atoms with Gasteiger partial charge in [-0.25, -0.2) is 13.1 Å². The molecule has 1 aromatic rings. The Kier molecular flexibility index (Phi) is 4.46. The molecule has 0 saturated carbocycles. The zero-order chi connectivity index (χ0) is 12.3. The van der Waals surface area contributed by atoms with E-state index in [9.17, 15) is 8.42 Å². The third-order valence-corrected chi connectivity index (χ3v) is 4.29. The molecule has 16 heavy (non-hydrogen) atoms. The Balaban J connectivity index is 2.95. The van der Waals surface area contributed by atoms with Crippen LogP contribution in [0.5, 0.6) is 0 Å². The Morgan fingerprint density at radius 3 is 2.44 bits per heavy atom. The van der Waals surface area contributed by atoms with Crippen molar-refractivity contribution < 1.29 is 8.42 Å². The highest BCUT2D eigenvalue weighted by Gasteiger charge is 2.19. The van der Waals surface area contributed by atoms with Crippen LogP contribution in [0.3, 0.4) is 0 Å². The monoisotopic (exact) mass is 306 g/mol. The predicted molar refractivity (Wildman–Crippen MR) is 66.6 cm³/mol. The molecule has 0 aliphatic heterocycles. The van der Waals surface area contributed by atoms with Gasteiger partial charge in [-0.3, -0.25) is 4.98 Å². The van der Waals surface area contributed by atoms with Crippen LogP contribution in [-0.4, -0.2) is 19.4 Å². The number of halogens is 1. The lowest BCUT2D eigenvalue weighted by Crippen LogP contribution is -2.36. The van der Waals surface area contributed by atoms with Gasteiger partial charge in [0.1, 0.15) is 4.90 Å². The number of sulfonamides is 1. The maximum absolute atomic E-state index is 11.9. The SMILES string of the molecule is CC(C)C(C)NS(=O)(=O)c1cncc(Br)c1. The summed E-state index contributed by atoms with van der Waals surface area (Å²) in [5.74, 6) is 0.245. The van der Waals surface area contributed by atoms with Crippen LogP contribution in [0.4, 0.5) is 0 Å². The summed E-state index contributed by atoms with van der Waals surface area (Å²) in [5, 5.41) is 0. The Morgan fingerprint density at radius 1 is 1.31 bits per heavy atom. The molecular weight excluding hydrogens is 292 g/mol. The first-order chi connectivity index (χ1) is 7.33. The van der Waals surface area contributed by atoms with E-state index in [1.54, 1.807) is 6.20 Å². The summed E-state index contributed by atoms with van der Waals surface area (Å²) in [5.41, 5.74) is 0. The number of hydrogen-bond donors (Lipinski definition) is 1. The first kappa shape index (κ1) is 13.6. The first-order valence-corrected chi connectivity index (χ1v) is 7.23. The molecule has 0 bridgehead atoms. The highest BCUT2D eigenvalue weighted by atomic mass is 79.9. The largest absolute Gasteiger partial charge is 0.262 e. The van der Waals surface area contributed by atoms with Gasteiger partial charge in [-0.1, -0.05) is 13.8 Å². The van der Waals surface area contributed by atoms with E-state index in [-0.39, 0.29) is 16.9 Å². The quantitative estimate of drug-likeness (QED) is 0.927. The van der Waals surface area contributed by atoms with E-state index < -0.39 is 10.0 Å². The minimum absolute atomic E-state index is 0.107. The fraction of sp³-hybridized carbons (Fsp3) is 0.500. The topological polar surface area (TPSA) is 59.1 Å². The number of aromatic nitrogens is 1. The van der Waals surface area contributed by atoms with Gasteiger partial charge in [0.25, 0.3) is 0 Å². The molecule has 0 radical (unpaired) electrons. The van der Waals surface area contributed by atoms with Crippen molar-refractivity contribution in [3.8, 4) is 0 Å². The molecule has 0 fully saturated rings. The maximum Gasteiger partial charge on any atom is 0.242 e. The molecule has 1 N–H and O–H groups in total. The minimum atomic E-state index is -3.47. The lowest BCUT2D eigenvalue weighted by molar-refractivity contribution is 0.476. The normalized spacial score (nSPS) is 14.1. The van der Waals surface area contributed by atoms with E-state index >= 15 is 0 Å². The van der Waals surface area contributed by atoms with Gasteiger partial charge in [-0.05, 0) is 34.8 Å². The van der Waals surface area contributed by atoms with Crippen molar-refractivity contribution in [2.45, 2.75) is 31.7 Å². The number of rotatable bonds is 4. The van der Waals surface area contributed by atoms with E-state index in [1.807, 2.05) is 20.8 Å². The van der Waals surface area contributed by atoms with Crippen LogP contribution < -0.4 is 4.72 Å². The van der Waals surface area contributed by atoms with Gasteiger partial charge >= 0.3 is 0 Å². The van der Waals surface area contributed by atoms with Crippen LogP contribution >= 0.6 is 15.9 Å². The van der Waals surface area contributed by atoms with Gasteiger partial charge in [0.05, 0.1) is 0 Å². The van der Waals surface area contributed by atoms with Crippen molar-refractivity contribution in [3.05, 3.63) is 22.9 Å². The second kappa shape index (κ2) is 5.25. The number of pyridine rings is 1. The fourth-order valence-corrected chi connectivity index (χ4v) is 2.88. The number of nitrogens with one attached hydrogen (secondary N) is 1. The van der Waals surface area contributed by atoms with E-state index in [2.05, 4.69) is 25.6 Å². The average Bonchev–Trinajstić information content (AvgIpc) is 2.17. The van der Waals surface area contributed by atoms with Crippen LogP contribution in [0.1, 0.15) is 20.8 Å². The van der Waals surface area contributed by atoms with E-state index in [1.165, 1.54) is 12.3 Å². The molecule has 1 heterocycles. The number of hydrogen-bond acceptors (Lipinski definition) is 3. The van der Waals surface area contributed by atoms with Crippen LogP contribution in [0.2, 0.25) is 0 Å². The smallest absolute Gasteiger partial charge is 0.242 e. The summed E-state index contributed by atoms with van der Waals surface area (Å²) in [6.07, 6.45) is 2.88. The molecule has 90 valence electrons. The molecule has 1 aromatic heterocycles. The minimum Gasteiger partial charge on any atom is -0.262 e. The van der Waals surface area contributed by atoms with Crippen molar-refractivity contribution in [1.82, 2.24) is 9.71 Å². The summed E-state index contributed by atoms with van der Waals surface area (Å²) in [7, 11) is -3.47. The Labute approximate surface area is 105 Å². The molecule has 1 rings (SSSR count). The Bertz CT molecular complexity index is 460. The molecule has 0 spiro atoms. The van der Waals surface area contributed by atoms with Crippen LogP contribution in [0, 0.1) is 5.92 Å². The highest BCUT2D eigenvalue weighted by Crippen LogP contribution is 2.15. The van der Waals surface area contributed by atoms with Crippen molar-refractivity contribution in [2.24, 2.45) is 5.92 Å². The maximum atomic E-state index is 11.9. The van der Waals surface area contributed by atoms with Crippen LogP contribution in [-0.2, 0) is 10.0 Å². The number of nitrogens with zero attached hydrogens (tertiary/aromatic N) is 1. The molecule has 0 aliphatic carbocycles. The Morgan fingerprint density at radius 2 is 1.94 bits per heavy atom. The van der Waals surface area contributed by atoms with E-state index in [0.717, 1.165) is 0 Å². The van der Waals surface area contributed by atoms with Crippen LogP contribution in [0.25, 0.3) is 0 Å². The second-order valence-corrected chi connectivity index (χ2v) is 6.62. The second-order valence-electron chi connectivity index (χ2n) is 3.99. The molecule has 4 nitrogen and oxygen atoms in total. The van der Waals surface area contributed by atoms with Gasteiger partial charge in [0.15, 0.2) is 0 Å². The standard InChI is InChI=1S/C10H15BrN2O2S/c1-7(2)8(3)13-16(14,15)10-4-9(11)5-12-6-10/h4-8,13H,1-3H3. The summed E-state index contributed by atoms with van der Waals surface area (Å²) < 4.78 is 27.1. The van der Waals surface area contributed by atoms with Crippen molar-refractivity contribution >= 4 is 26.0 Å². The summed E-state index contributed by atoms with van der Waals surface area (Å²) in [6.45, 7) is 5.77. The highest BCUT2D eigenvalue weighted by molar-refractivity contribution is 9.10. The van der Waals surface area contributed by atoms with Crippen molar-refractivity contribution in [3.63, 3.8) is 0 Å².